The summed E-state index contributed by atoms with van der Waals surface area (Å²) in [7, 11) is 0. The normalized spacial score (nSPS) is 9.92. The first-order valence-corrected chi connectivity index (χ1v) is 4.91. The van der Waals surface area contributed by atoms with Gasteiger partial charge in [0.2, 0.25) is 0 Å². The Bertz CT molecular complexity index is 475. The van der Waals surface area contributed by atoms with E-state index in [4.69, 9.17) is 5.26 Å². The van der Waals surface area contributed by atoms with Gasteiger partial charge < -0.3 is 0 Å². The molecule has 58 valence electrons. The molecule has 0 saturated heterocycles. The van der Waals surface area contributed by atoms with Gasteiger partial charge in [-0.2, -0.15) is 5.26 Å². The predicted octanol–water partition coefficient (Wildman–Crippen LogP) is 2.65. The van der Waals surface area contributed by atoms with E-state index >= 15 is 0 Å². The fraction of sp³-hybridized carbons (Fsp3) is 0. The molecule has 0 saturated carbocycles. The topological polar surface area (TPSA) is 40.9 Å². The van der Waals surface area contributed by atoms with Gasteiger partial charge in [0.15, 0.2) is 6.29 Å². The maximum absolute atomic E-state index is 10.5. The molecule has 0 bridgehead atoms. The molecule has 2 nitrogen and oxygen atoms in total. The summed E-state index contributed by atoms with van der Waals surface area (Å²) >= 11 is 2.94. The molecule has 2 heterocycles. The van der Waals surface area contributed by atoms with Gasteiger partial charge in [-0.15, -0.1) is 22.7 Å². The van der Waals surface area contributed by atoms with Crippen molar-refractivity contribution in [3.63, 3.8) is 0 Å². The summed E-state index contributed by atoms with van der Waals surface area (Å²) in [6, 6.07) is 3.83. The van der Waals surface area contributed by atoms with Gasteiger partial charge in [0.1, 0.15) is 10.9 Å². The molecule has 4 heteroatoms. The number of aldehydes is 1. The van der Waals surface area contributed by atoms with Crippen LogP contribution in [0.1, 0.15) is 15.2 Å². The summed E-state index contributed by atoms with van der Waals surface area (Å²) in [5.74, 6) is 0. The molecule has 0 radical (unpaired) electrons. The predicted molar refractivity (Wildman–Crippen MR) is 49.8 cm³/mol. The van der Waals surface area contributed by atoms with Crippen molar-refractivity contribution in [2.24, 2.45) is 0 Å². The Kier molecular flexibility index (Phi) is 1.68. The molecular weight excluding hydrogens is 190 g/mol. The molecular formula is C8H3NOS2. The minimum Gasteiger partial charge on any atom is -0.298 e. The largest absolute Gasteiger partial charge is 0.298 e. The van der Waals surface area contributed by atoms with Crippen LogP contribution in [0, 0.1) is 11.3 Å². The quantitative estimate of drug-likeness (QED) is 0.653. The molecule has 2 aromatic rings. The summed E-state index contributed by atoms with van der Waals surface area (Å²) < 4.78 is 1.05. The second-order valence-electron chi connectivity index (χ2n) is 2.23. The van der Waals surface area contributed by atoms with Crippen LogP contribution < -0.4 is 0 Å². The number of hydrogen-bond acceptors (Lipinski definition) is 4. The van der Waals surface area contributed by atoms with Gasteiger partial charge >= 0.3 is 0 Å². The lowest BCUT2D eigenvalue weighted by atomic mass is 10.2. The summed E-state index contributed by atoms with van der Waals surface area (Å²) in [6.07, 6.45) is 0.826. The Morgan fingerprint density at radius 1 is 1.58 bits per heavy atom. The fourth-order valence-corrected chi connectivity index (χ4v) is 3.03. The Labute approximate surface area is 76.7 Å². The van der Waals surface area contributed by atoms with Gasteiger partial charge in [-0.3, -0.25) is 4.79 Å². The van der Waals surface area contributed by atoms with Crippen molar-refractivity contribution in [1.29, 1.82) is 5.26 Å². The van der Waals surface area contributed by atoms with Crippen LogP contribution in [0.2, 0.25) is 0 Å². The molecule has 2 aromatic heterocycles. The van der Waals surface area contributed by atoms with E-state index in [-0.39, 0.29) is 0 Å². The number of nitriles is 1. The number of nitrogens with zero attached hydrogens (tertiary/aromatic N) is 1. The number of rotatable bonds is 1. The Morgan fingerprint density at radius 3 is 3.08 bits per heavy atom. The lowest BCUT2D eigenvalue weighted by Crippen LogP contribution is -1.70. The number of fused-ring (bicyclic) bond motifs is 1. The molecule has 0 unspecified atom stereocenters. The van der Waals surface area contributed by atoms with Crippen molar-refractivity contribution in [2.75, 3.05) is 0 Å². The second kappa shape index (κ2) is 2.70. The van der Waals surface area contributed by atoms with E-state index in [0.717, 1.165) is 15.7 Å². The third-order valence-electron chi connectivity index (χ3n) is 1.54. The van der Waals surface area contributed by atoms with Crippen molar-refractivity contribution in [3.05, 3.63) is 21.9 Å². The number of carbonyl (C=O) groups excluding carboxylic acids is 1. The Balaban J connectivity index is 2.78. The highest BCUT2D eigenvalue weighted by Gasteiger charge is 2.06. The van der Waals surface area contributed by atoms with Gasteiger partial charge in [0, 0.05) is 16.3 Å². The zero-order valence-corrected chi connectivity index (χ0v) is 7.54. The molecule has 0 aromatic carbocycles. The lowest BCUT2D eigenvalue weighted by molar-refractivity contribution is 0.112. The standard InChI is InChI=1S/C8H3NOS2/c9-2-6-1-7-5(3-10)4-11-8(7)12-6/h1,3-4H. The molecule has 12 heavy (non-hydrogen) atoms. The van der Waals surface area contributed by atoms with Crippen molar-refractivity contribution in [3.8, 4) is 6.07 Å². The molecule has 0 spiro atoms. The van der Waals surface area contributed by atoms with E-state index in [2.05, 4.69) is 6.07 Å². The molecule has 0 amide bonds. The highest BCUT2D eigenvalue weighted by atomic mass is 32.2. The Hall–Kier alpha value is -1.18. The maximum atomic E-state index is 10.5. The molecule has 0 fully saturated rings. The first-order chi connectivity index (χ1) is 5.85. The summed E-state index contributed by atoms with van der Waals surface area (Å²) in [5, 5.41) is 11.3. The lowest BCUT2D eigenvalue weighted by Gasteiger charge is -1.76. The van der Waals surface area contributed by atoms with Crippen molar-refractivity contribution >= 4 is 38.4 Å². The van der Waals surface area contributed by atoms with Crippen LogP contribution in [-0.2, 0) is 0 Å². The molecule has 2 rings (SSSR count). The van der Waals surface area contributed by atoms with Crippen molar-refractivity contribution < 1.29 is 4.79 Å². The van der Waals surface area contributed by atoms with E-state index in [1.54, 1.807) is 6.07 Å². The highest BCUT2D eigenvalue weighted by molar-refractivity contribution is 7.38. The SMILES string of the molecule is N#Cc1cc2c(C=O)csc2s1. The van der Waals surface area contributed by atoms with Crippen LogP contribution >= 0.6 is 22.7 Å². The third kappa shape index (κ3) is 0.951. The van der Waals surface area contributed by atoms with Crippen LogP contribution in [0.4, 0.5) is 0 Å². The smallest absolute Gasteiger partial charge is 0.151 e. The van der Waals surface area contributed by atoms with E-state index in [0.29, 0.717) is 10.4 Å². The Morgan fingerprint density at radius 2 is 2.42 bits per heavy atom. The molecule has 0 atom stereocenters. The second-order valence-corrected chi connectivity index (χ2v) is 4.42. The van der Waals surface area contributed by atoms with Crippen LogP contribution in [-0.4, -0.2) is 6.29 Å². The third-order valence-corrected chi connectivity index (χ3v) is 3.72. The van der Waals surface area contributed by atoms with E-state index in [1.807, 2.05) is 5.38 Å². The monoisotopic (exact) mass is 193 g/mol. The number of thiophene rings is 2. The summed E-state index contributed by atoms with van der Waals surface area (Å²) in [6.45, 7) is 0. The average Bonchev–Trinajstić information content (AvgIpc) is 2.61. The number of hydrogen-bond donors (Lipinski definition) is 0. The average molecular weight is 193 g/mol. The fourth-order valence-electron chi connectivity index (χ4n) is 0.990. The van der Waals surface area contributed by atoms with Gasteiger partial charge in [0.25, 0.3) is 0 Å². The first kappa shape index (κ1) is 7.47. The summed E-state index contributed by atoms with van der Waals surface area (Å²) in [5.41, 5.74) is 0.688. The van der Waals surface area contributed by atoms with E-state index in [9.17, 15) is 4.79 Å². The van der Waals surface area contributed by atoms with Gasteiger partial charge in [-0.05, 0) is 6.07 Å². The van der Waals surface area contributed by atoms with Gasteiger partial charge in [-0.25, -0.2) is 0 Å². The minimum absolute atomic E-state index is 0.667. The van der Waals surface area contributed by atoms with E-state index in [1.165, 1.54) is 22.7 Å². The molecule has 0 N–H and O–H groups in total. The first-order valence-electron chi connectivity index (χ1n) is 3.21. The van der Waals surface area contributed by atoms with Gasteiger partial charge in [0.05, 0.1) is 4.01 Å². The van der Waals surface area contributed by atoms with E-state index < -0.39 is 0 Å². The van der Waals surface area contributed by atoms with Crippen molar-refractivity contribution in [2.45, 2.75) is 0 Å². The molecule has 0 aliphatic heterocycles. The summed E-state index contributed by atoms with van der Waals surface area (Å²) in [4.78, 5) is 11.2. The molecule has 0 aliphatic carbocycles. The van der Waals surface area contributed by atoms with Crippen LogP contribution in [0.3, 0.4) is 0 Å². The zero-order chi connectivity index (χ0) is 8.55. The van der Waals surface area contributed by atoms with Gasteiger partial charge in [-0.1, -0.05) is 0 Å². The van der Waals surface area contributed by atoms with Crippen LogP contribution in [0.5, 0.6) is 0 Å². The van der Waals surface area contributed by atoms with Crippen LogP contribution in [0.15, 0.2) is 11.4 Å². The van der Waals surface area contributed by atoms with Crippen LogP contribution in [0.25, 0.3) is 9.40 Å². The zero-order valence-electron chi connectivity index (χ0n) is 5.90. The maximum Gasteiger partial charge on any atom is 0.151 e. The molecule has 0 aliphatic rings. The minimum atomic E-state index is 0.667. The van der Waals surface area contributed by atoms with Crippen molar-refractivity contribution in [1.82, 2.24) is 0 Å². The number of carbonyl (C=O) groups is 1. The highest BCUT2D eigenvalue weighted by Crippen LogP contribution is 2.32.